The highest BCUT2D eigenvalue weighted by molar-refractivity contribution is 5.66. The third-order valence-corrected chi connectivity index (χ3v) is 5.76. The molecule has 0 aromatic carbocycles. The van der Waals surface area contributed by atoms with Gasteiger partial charge >= 0.3 is 5.97 Å². The molecule has 0 saturated carbocycles. The normalized spacial score (nSPS) is 22.4. The Morgan fingerprint density at radius 1 is 0.889 bits per heavy atom. The Morgan fingerprint density at radius 3 is 1.78 bits per heavy atom. The van der Waals surface area contributed by atoms with Crippen LogP contribution in [-0.4, -0.2) is 34.0 Å². The van der Waals surface area contributed by atoms with Crippen molar-refractivity contribution in [3.05, 3.63) is 0 Å². The van der Waals surface area contributed by atoms with Crippen LogP contribution in [0, 0.1) is 0 Å². The number of nitrogens with zero attached hydrogens (tertiary/aromatic N) is 1. The summed E-state index contributed by atoms with van der Waals surface area (Å²) in [5.74, 6) is -0.870. The summed E-state index contributed by atoms with van der Waals surface area (Å²) in [6, 6.07) is 0. The van der Waals surface area contributed by atoms with E-state index in [1.54, 1.807) is 0 Å². The summed E-state index contributed by atoms with van der Waals surface area (Å²) >= 11 is 0. The molecule has 1 N–H and O–H groups in total. The molecule has 5 nitrogen and oxygen atoms in total. The summed E-state index contributed by atoms with van der Waals surface area (Å²) in [7, 11) is 0. The van der Waals surface area contributed by atoms with Gasteiger partial charge in [-0.2, -0.15) is 0 Å². The number of hydrogen-bond donors (Lipinski definition) is 1. The van der Waals surface area contributed by atoms with Gasteiger partial charge in [0.2, 0.25) is 0 Å². The van der Waals surface area contributed by atoms with E-state index in [-0.39, 0.29) is 12.8 Å². The lowest BCUT2D eigenvalue weighted by Crippen LogP contribution is -2.49. The van der Waals surface area contributed by atoms with Gasteiger partial charge in [0.1, 0.15) is 5.72 Å². The standard InChI is InChI=1S/C22H42NO4/c1-4-5-6-7-8-9-10-11-12-13-14-15-17-22(18-16-20(24)25)23(26)21(2,3)19-27-22/h4-19H2,1-3H3,(H,24,25). The highest BCUT2D eigenvalue weighted by Gasteiger charge is 2.52. The molecule has 1 aliphatic rings. The van der Waals surface area contributed by atoms with Crippen molar-refractivity contribution in [2.45, 2.75) is 128 Å². The molecule has 1 unspecified atom stereocenters. The second-order valence-electron chi connectivity index (χ2n) is 8.87. The fourth-order valence-corrected chi connectivity index (χ4v) is 4.00. The number of hydrogen-bond acceptors (Lipinski definition) is 3. The van der Waals surface area contributed by atoms with Crippen molar-refractivity contribution in [2.24, 2.45) is 0 Å². The average molecular weight is 385 g/mol. The topological polar surface area (TPSA) is 69.7 Å². The van der Waals surface area contributed by atoms with E-state index >= 15 is 0 Å². The zero-order valence-electron chi connectivity index (χ0n) is 17.9. The monoisotopic (exact) mass is 384 g/mol. The maximum atomic E-state index is 12.7. The summed E-state index contributed by atoms with van der Waals surface area (Å²) in [4.78, 5) is 11.0. The molecule has 0 amide bonds. The molecule has 0 aromatic heterocycles. The van der Waals surface area contributed by atoms with Crippen molar-refractivity contribution in [3.8, 4) is 0 Å². The number of carboxylic acids is 1. The molecular weight excluding hydrogens is 342 g/mol. The summed E-state index contributed by atoms with van der Waals surface area (Å²) in [5.41, 5.74) is -1.52. The minimum atomic E-state index is -0.944. The van der Waals surface area contributed by atoms with E-state index in [0.717, 1.165) is 17.9 Å². The number of hydroxylamine groups is 2. The Kier molecular flexibility index (Phi) is 11.5. The number of carbonyl (C=O) groups is 1. The van der Waals surface area contributed by atoms with Gasteiger partial charge in [-0.25, -0.2) is 0 Å². The third kappa shape index (κ3) is 8.93. The van der Waals surface area contributed by atoms with Crippen LogP contribution in [0.15, 0.2) is 0 Å². The van der Waals surface area contributed by atoms with Gasteiger partial charge < -0.3 is 9.84 Å². The summed E-state index contributed by atoms with van der Waals surface area (Å²) in [6.07, 6.45) is 16.1. The number of carboxylic acid groups (broad SMARTS) is 1. The van der Waals surface area contributed by atoms with Crippen molar-refractivity contribution in [1.82, 2.24) is 5.06 Å². The first-order chi connectivity index (χ1) is 12.8. The van der Waals surface area contributed by atoms with Crippen molar-refractivity contribution < 1.29 is 19.8 Å². The van der Waals surface area contributed by atoms with E-state index in [9.17, 15) is 10.0 Å². The van der Waals surface area contributed by atoms with E-state index in [2.05, 4.69) is 6.92 Å². The molecule has 1 fully saturated rings. The number of aliphatic carboxylic acids is 1. The smallest absolute Gasteiger partial charge is 0.303 e. The van der Waals surface area contributed by atoms with Crippen LogP contribution in [0.5, 0.6) is 0 Å². The lowest BCUT2D eigenvalue weighted by Gasteiger charge is -2.35. The Balaban J connectivity index is 2.17. The van der Waals surface area contributed by atoms with Crippen LogP contribution < -0.4 is 0 Å². The lowest BCUT2D eigenvalue weighted by molar-refractivity contribution is -0.295. The molecule has 1 saturated heterocycles. The van der Waals surface area contributed by atoms with Gasteiger partial charge in [0.05, 0.1) is 12.1 Å². The van der Waals surface area contributed by atoms with Gasteiger partial charge in [-0.15, -0.1) is 10.3 Å². The molecule has 0 aliphatic carbocycles. The Morgan fingerprint density at radius 2 is 1.37 bits per heavy atom. The first-order valence-electron chi connectivity index (χ1n) is 11.2. The molecule has 0 bridgehead atoms. The fraction of sp³-hybridized carbons (Fsp3) is 0.955. The van der Waals surface area contributed by atoms with Crippen molar-refractivity contribution >= 4 is 5.97 Å². The van der Waals surface area contributed by atoms with Crippen LogP contribution in [-0.2, 0) is 14.7 Å². The van der Waals surface area contributed by atoms with Crippen LogP contribution >= 0.6 is 0 Å². The largest absolute Gasteiger partial charge is 0.481 e. The second kappa shape index (κ2) is 12.7. The van der Waals surface area contributed by atoms with Gasteiger partial charge in [-0.05, 0) is 26.7 Å². The molecule has 1 radical (unpaired) electrons. The maximum absolute atomic E-state index is 12.7. The molecule has 5 heteroatoms. The quantitative estimate of drug-likeness (QED) is 0.327. The molecule has 27 heavy (non-hydrogen) atoms. The Hall–Kier alpha value is -0.650. The molecule has 1 rings (SSSR count). The van der Waals surface area contributed by atoms with Gasteiger partial charge in [-0.3, -0.25) is 4.79 Å². The van der Waals surface area contributed by atoms with Crippen LogP contribution in [0.4, 0.5) is 0 Å². The molecule has 1 aliphatic heterocycles. The number of ether oxygens (including phenoxy) is 1. The molecule has 0 spiro atoms. The maximum Gasteiger partial charge on any atom is 0.303 e. The third-order valence-electron chi connectivity index (χ3n) is 5.76. The fourth-order valence-electron chi connectivity index (χ4n) is 4.00. The van der Waals surface area contributed by atoms with E-state index in [1.165, 1.54) is 64.2 Å². The van der Waals surface area contributed by atoms with E-state index < -0.39 is 17.2 Å². The zero-order chi connectivity index (χ0) is 20.2. The molecule has 1 atom stereocenters. The summed E-state index contributed by atoms with van der Waals surface area (Å²) in [5, 5.41) is 22.7. The van der Waals surface area contributed by atoms with Crippen LogP contribution in [0.3, 0.4) is 0 Å². The predicted molar refractivity (Wildman–Crippen MR) is 108 cm³/mol. The highest BCUT2D eigenvalue weighted by atomic mass is 16.6. The summed E-state index contributed by atoms with van der Waals surface area (Å²) < 4.78 is 5.87. The first-order valence-corrected chi connectivity index (χ1v) is 11.2. The molecule has 0 aromatic rings. The van der Waals surface area contributed by atoms with Gasteiger partial charge in [0.15, 0.2) is 0 Å². The highest BCUT2D eigenvalue weighted by Crippen LogP contribution is 2.40. The number of rotatable bonds is 16. The van der Waals surface area contributed by atoms with E-state index in [4.69, 9.17) is 9.84 Å². The second-order valence-corrected chi connectivity index (χ2v) is 8.87. The molecule has 159 valence electrons. The SMILES string of the molecule is CCCCCCCCCCCCCCC1(CCC(=O)O)OCC(C)(C)N1[O]. The Labute approximate surface area is 166 Å². The Bertz CT molecular complexity index is 413. The van der Waals surface area contributed by atoms with Gasteiger partial charge in [-0.1, -0.05) is 77.6 Å². The van der Waals surface area contributed by atoms with Crippen LogP contribution in [0.2, 0.25) is 0 Å². The van der Waals surface area contributed by atoms with Gasteiger partial charge in [0.25, 0.3) is 0 Å². The minimum absolute atomic E-state index is 0.0208. The van der Waals surface area contributed by atoms with E-state index in [1.807, 2.05) is 13.8 Å². The van der Waals surface area contributed by atoms with E-state index in [0.29, 0.717) is 13.0 Å². The van der Waals surface area contributed by atoms with Crippen LogP contribution in [0.25, 0.3) is 0 Å². The lowest BCUT2D eigenvalue weighted by atomic mass is 9.96. The van der Waals surface area contributed by atoms with Crippen molar-refractivity contribution in [1.29, 1.82) is 0 Å². The molecular formula is C22H42NO4. The predicted octanol–water partition coefficient (Wildman–Crippen LogP) is 6.10. The molecule has 1 heterocycles. The minimum Gasteiger partial charge on any atom is -0.481 e. The van der Waals surface area contributed by atoms with Crippen LogP contribution in [0.1, 0.15) is 117 Å². The summed E-state index contributed by atoms with van der Waals surface area (Å²) in [6.45, 7) is 6.35. The average Bonchev–Trinajstić information content (AvgIpc) is 2.85. The zero-order valence-corrected chi connectivity index (χ0v) is 17.9. The van der Waals surface area contributed by atoms with Gasteiger partial charge in [0, 0.05) is 12.8 Å². The van der Waals surface area contributed by atoms with Crippen molar-refractivity contribution in [3.63, 3.8) is 0 Å². The first kappa shape index (κ1) is 24.4. The van der Waals surface area contributed by atoms with Crippen molar-refractivity contribution in [2.75, 3.05) is 6.61 Å². The number of unbranched alkanes of at least 4 members (excludes halogenated alkanes) is 11.